The second kappa shape index (κ2) is 4.26. The molecule has 3 N–H and O–H groups in total. The maximum absolute atomic E-state index is 10.8. The molecule has 0 bridgehead atoms. The summed E-state index contributed by atoms with van der Waals surface area (Å²) in [5.74, 6) is 0.104. The van der Waals surface area contributed by atoms with Crippen molar-refractivity contribution >= 4 is 5.91 Å². The maximum atomic E-state index is 10.8. The summed E-state index contributed by atoms with van der Waals surface area (Å²) >= 11 is 0. The molecule has 0 aromatic heterocycles. The van der Waals surface area contributed by atoms with Crippen LogP contribution in [0.2, 0.25) is 0 Å². The van der Waals surface area contributed by atoms with E-state index in [1.807, 2.05) is 20.8 Å². The lowest BCUT2D eigenvalue weighted by Gasteiger charge is -2.26. The smallest absolute Gasteiger partial charge is 0.243 e. The third-order valence-corrected chi connectivity index (χ3v) is 2.04. The van der Waals surface area contributed by atoms with Crippen molar-refractivity contribution in [3.63, 3.8) is 0 Å². The van der Waals surface area contributed by atoms with Crippen molar-refractivity contribution in [2.24, 2.45) is 11.7 Å². The highest BCUT2D eigenvalue weighted by Gasteiger charge is 2.20. The van der Waals surface area contributed by atoms with Crippen molar-refractivity contribution in [2.45, 2.75) is 26.3 Å². The highest BCUT2D eigenvalue weighted by atomic mass is 16.1. The van der Waals surface area contributed by atoms with Crippen LogP contribution >= 0.6 is 0 Å². The highest BCUT2D eigenvalue weighted by Crippen LogP contribution is 2.10. The SMILES string of the molecule is C=CC(=O)NCC(C)C(C)(C)N. The second-order valence-electron chi connectivity index (χ2n) is 3.67. The van der Waals surface area contributed by atoms with Crippen LogP contribution < -0.4 is 11.1 Å². The first kappa shape index (κ1) is 11.2. The van der Waals surface area contributed by atoms with Gasteiger partial charge in [0.2, 0.25) is 5.91 Å². The van der Waals surface area contributed by atoms with Gasteiger partial charge in [-0.05, 0) is 25.8 Å². The number of hydrogen-bond donors (Lipinski definition) is 2. The van der Waals surface area contributed by atoms with Gasteiger partial charge in [-0.1, -0.05) is 13.5 Å². The first-order chi connectivity index (χ1) is 5.38. The summed E-state index contributed by atoms with van der Waals surface area (Å²) in [5, 5.41) is 2.70. The molecule has 0 aromatic rings. The Morgan fingerprint density at radius 3 is 2.58 bits per heavy atom. The molecule has 0 heterocycles. The van der Waals surface area contributed by atoms with Crippen molar-refractivity contribution in [1.29, 1.82) is 0 Å². The van der Waals surface area contributed by atoms with Gasteiger partial charge >= 0.3 is 0 Å². The van der Waals surface area contributed by atoms with Crippen molar-refractivity contribution in [1.82, 2.24) is 5.32 Å². The minimum atomic E-state index is -0.256. The minimum absolute atomic E-state index is 0.147. The Morgan fingerprint density at radius 1 is 1.75 bits per heavy atom. The van der Waals surface area contributed by atoms with E-state index in [1.54, 1.807) is 0 Å². The summed E-state index contributed by atoms with van der Waals surface area (Å²) in [6.07, 6.45) is 1.26. The van der Waals surface area contributed by atoms with Gasteiger partial charge in [0, 0.05) is 12.1 Å². The fourth-order valence-corrected chi connectivity index (χ4v) is 0.589. The number of hydrogen-bond acceptors (Lipinski definition) is 2. The fourth-order valence-electron chi connectivity index (χ4n) is 0.589. The predicted molar refractivity (Wildman–Crippen MR) is 50.6 cm³/mol. The molecule has 1 unspecified atom stereocenters. The summed E-state index contributed by atoms with van der Waals surface area (Å²) in [7, 11) is 0. The number of carbonyl (C=O) groups excluding carboxylic acids is 1. The average Bonchev–Trinajstić information content (AvgIpc) is 1.97. The van der Waals surface area contributed by atoms with Crippen LogP contribution in [0, 0.1) is 5.92 Å². The molecule has 1 amide bonds. The molecule has 3 nitrogen and oxygen atoms in total. The van der Waals surface area contributed by atoms with E-state index < -0.39 is 0 Å². The molecule has 1 atom stereocenters. The van der Waals surface area contributed by atoms with E-state index in [0.29, 0.717) is 6.54 Å². The number of rotatable bonds is 4. The van der Waals surface area contributed by atoms with E-state index in [4.69, 9.17) is 5.73 Å². The van der Waals surface area contributed by atoms with Crippen molar-refractivity contribution < 1.29 is 4.79 Å². The Balaban J connectivity index is 3.79. The largest absolute Gasteiger partial charge is 0.352 e. The van der Waals surface area contributed by atoms with Crippen molar-refractivity contribution in [3.8, 4) is 0 Å². The molecule has 0 saturated heterocycles. The molecule has 0 saturated carbocycles. The van der Waals surface area contributed by atoms with Gasteiger partial charge in [-0.3, -0.25) is 4.79 Å². The molecule has 0 fully saturated rings. The zero-order valence-electron chi connectivity index (χ0n) is 8.05. The first-order valence-corrected chi connectivity index (χ1v) is 4.07. The van der Waals surface area contributed by atoms with Gasteiger partial charge in [0.1, 0.15) is 0 Å². The second-order valence-corrected chi connectivity index (χ2v) is 3.67. The average molecular weight is 170 g/mol. The molecule has 0 aliphatic carbocycles. The first-order valence-electron chi connectivity index (χ1n) is 4.07. The molecule has 0 radical (unpaired) electrons. The predicted octanol–water partition coefficient (Wildman–Crippen LogP) is 0.662. The molecule has 70 valence electrons. The van der Waals surface area contributed by atoms with Crippen LogP contribution in [0.25, 0.3) is 0 Å². The lowest BCUT2D eigenvalue weighted by atomic mass is 9.90. The molecule has 0 spiro atoms. The van der Waals surface area contributed by atoms with Crippen LogP contribution in [0.1, 0.15) is 20.8 Å². The molecule has 0 aliphatic rings. The van der Waals surface area contributed by atoms with E-state index in [2.05, 4.69) is 11.9 Å². The van der Waals surface area contributed by atoms with Gasteiger partial charge in [-0.15, -0.1) is 0 Å². The number of nitrogens with one attached hydrogen (secondary N) is 1. The molecule has 3 heteroatoms. The molecule has 0 aromatic carbocycles. The van der Waals surface area contributed by atoms with Gasteiger partial charge in [0.05, 0.1) is 0 Å². The fraction of sp³-hybridized carbons (Fsp3) is 0.667. The maximum Gasteiger partial charge on any atom is 0.243 e. The van der Waals surface area contributed by atoms with E-state index in [9.17, 15) is 4.79 Å². The molecule has 0 aliphatic heterocycles. The summed E-state index contributed by atoms with van der Waals surface area (Å²) in [6.45, 7) is 9.84. The Morgan fingerprint density at radius 2 is 2.25 bits per heavy atom. The summed E-state index contributed by atoms with van der Waals surface area (Å²) in [6, 6.07) is 0. The van der Waals surface area contributed by atoms with Gasteiger partial charge in [0.25, 0.3) is 0 Å². The van der Waals surface area contributed by atoms with E-state index in [-0.39, 0.29) is 17.4 Å². The number of carbonyl (C=O) groups is 1. The van der Waals surface area contributed by atoms with Gasteiger partial charge in [-0.25, -0.2) is 0 Å². The zero-order chi connectivity index (χ0) is 9.78. The van der Waals surface area contributed by atoms with E-state index in [1.165, 1.54) is 6.08 Å². The normalized spacial score (nSPS) is 13.7. The molecule has 12 heavy (non-hydrogen) atoms. The summed E-state index contributed by atoms with van der Waals surface area (Å²) < 4.78 is 0. The van der Waals surface area contributed by atoms with Crippen LogP contribution in [-0.2, 0) is 4.79 Å². The Kier molecular flexibility index (Phi) is 3.96. The number of amides is 1. The van der Waals surface area contributed by atoms with Crippen LogP contribution in [0.5, 0.6) is 0 Å². The molecular weight excluding hydrogens is 152 g/mol. The quantitative estimate of drug-likeness (QED) is 0.609. The summed E-state index contributed by atoms with van der Waals surface area (Å²) in [5.41, 5.74) is 5.57. The Hall–Kier alpha value is -0.830. The van der Waals surface area contributed by atoms with Crippen LogP contribution in [0.4, 0.5) is 0 Å². The number of nitrogens with two attached hydrogens (primary N) is 1. The Bertz CT molecular complexity index is 170. The summed E-state index contributed by atoms with van der Waals surface area (Å²) in [4.78, 5) is 10.8. The van der Waals surface area contributed by atoms with E-state index in [0.717, 1.165) is 0 Å². The van der Waals surface area contributed by atoms with E-state index >= 15 is 0 Å². The third kappa shape index (κ3) is 4.13. The van der Waals surface area contributed by atoms with Gasteiger partial charge in [0.15, 0.2) is 0 Å². The van der Waals surface area contributed by atoms with Gasteiger partial charge in [-0.2, -0.15) is 0 Å². The topological polar surface area (TPSA) is 55.1 Å². The highest BCUT2D eigenvalue weighted by molar-refractivity contribution is 5.86. The molecular formula is C9H18N2O. The minimum Gasteiger partial charge on any atom is -0.352 e. The van der Waals surface area contributed by atoms with Crippen LogP contribution in [-0.4, -0.2) is 18.0 Å². The zero-order valence-corrected chi connectivity index (χ0v) is 8.05. The van der Waals surface area contributed by atoms with Gasteiger partial charge < -0.3 is 11.1 Å². The van der Waals surface area contributed by atoms with Crippen LogP contribution in [0.3, 0.4) is 0 Å². The molecule has 0 rings (SSSR count). The third-order valence-electron chi connectivity index (χ3n) is 2.04. The van der Waals surface area contributed by atoms with Crippen molar-refractivity contribution in [3.05, 3.63) is 12.7 Å². The monoisotopic (exact) mass is 170 g/mol. The lowest BCUT2D eigenvalue weighted by molar-refractivity contribution is -0.116. The Labute approximate surface area is 74.0 Å². The van der Waals surface area contributed by atoms with Crippen molar-refractivity contribution in [2.75, 3.05) is 6.54 Å². The van der Waals surface area contributed by atoms with Crippen LogP contribution in [0.15, 0.2) is 12.7 Å². The lowest BCUT2D eigenvalue weighted by Crippen LogP contribution is -2.44. The standard InChI is InChI=1S/C9H18N2O/c1-5-8(12)11-6-7(2)9(3,4)10/h5,7H,1,6,10H2,2-4H3,(H,11,12).